The Morgan fingerprint density at radius 2 is 0.619 bits per heavy atom. The molecular weight excluding hydrogens is 763 g/mol. The molecule has 14 rings (SSSR count). The summed E-state index contributed by atoms with van der Waals surface area (Å²) < 4.78 is 7.50. The van der Waals surface area contributed by atoms with E-state index in [1.54, 1.807) is 0 Å². The maximum Gasteiger partial charge on any atom is 0.0548 e. The Hall–Kier alpha value is -7.62. The second-order valence-corrected chi connectivity index (χ2v) is 18.9. The number of benzene rings is 9. The van der Waals surface area contributed by atoms with Crippen molar-refractivity contribution in [2.24, 2.45) is 0 Å². The molecule has 3 nitrogen and oxygen atoms in total. The molecule has 12 aromatic rings. The number of fused-ring (bicyclic) bond motifs is 16. The van der Waals surface area contributed by atoms with Crippen LogP contribution in [0.4, 0.5) is 0 Å². The van der Waals surface area contributed by atoms with Gasteiger partial charge in [0.1, 0.15) is 0 Å². The number of hydrogen-bond donors (Lipinski definition) is 0. The predicted molar refractivity (Wildman–Crippen MR) is 265 cm³/mol. The smallest absolute Gasteiger partial charge is 0.0548 e. The van der Waals surface area contributed by atoms with E-state index in [9.17, 15) is 0 Å². The third-order valence-corrected chi connectivity index (χ3v) is 15.0. The number of aromatic nitrogens is 3. The molecule has 2 aliphatic carbocycles. The fraction of sp³-hybridized carbons (Fsp3) is 0.100. The summed E-state index contributed by atoms with van der Waals surface area (Å²) in [7, 11) is 0. The molecule has 298 valence electrons. The molecule has 0 atom stereocenters. The lowest BCUT2D eigenvalue weighted by Crippen LogP contribution is -2.15. The minimum absolute atomic E-state index is 0.101. The molecule has 0 aliphatic heterocycles. The van der Waals surface area contributed by atoms with Gasteiger partial charge >= 0.3 is 0 Å². The Kier molecular flexibility index (Phi) is 6.70. The minimum atomic E-state index is -0.114. The largest absolute Gasteiger partial charge is 0.309 e. The van der Waals surface area contributed by atoms with Gasteiger partial charge in [0.2, 0.25) is 0 Å². The quantitative estimate of drug-likeness (QED) is 0.169. The maximum atomic E-state index is 2.53. The Labute approximate surface area is 365 Å². The van der Waals surface area contributed by atoms with Gasteiger partial charge in [0.15, 0.2) is 0 Å². The SMILES string of the molecule is CC1(C)c2ccccc2-c2ccc(-n3c4ccccc4c4c5c6cc(-n7c8ccccc8c8ccccc87)ccc6n(-c6ccc7c(c6)C(C)(C)c6ccccc6-7)c5ccc43)cc21. The molecule has 9 aromatic carbocycles. The molecule has 2 aliphatic rings. The van der Waals surface area contributed by atoms with Crippen LogP contribution in [0.5, 0.6) is 0 Å². The molecule has 3 heterocycles. The van der Waals surface area contributed by atoms with E-state index in [-0.39, 0.29) is 10.8 Å². The van der Waals surface area contributed by atoms with Crippen molar-refractivity contribution in [3.05, 3.63) is 210 Å². The van der Waals surface area contributed by atoms with Crippen molar-refractivity contribution in [2.75, 3.05) is 0 Å². The first-order valence-electron chi connectivity index (χ1n) is 22.3. The Morgan fingerprint density at radius 1 is 0.270 bits per heavy atom. The second-order valence-electron chi connectivity index (χ2n) is 18.9. The average molecular weight is 806 g/mol. The van der Waals surface area contributed by atoms with E-state index in [0.29, 0.717) is 0 Å². The second kappa shape index (κ2) is 12.1. The zero-order valence-electron chi connectivity index (χ0n) is 35.7. The van der Waals surface area contributed by atoms with Crippen LogP contribution >= 0.6 is 0 Å². The average Bonchev–Trinajstić information content (AvgIpc) is 4.06. The maximum absolute atomic E-state index is 2.53. The van der Waals surface area contributed by atoms with Gasteiger partial charge in [-0.3, -0.25) is 0 Å². The zero-order chi connectivity index (χ0) is 41.9. The van der Waals surface area contributed by atoms with Crippen LogP contribution in [0.2, 0.25) is 0 Å². The summed E-state index contributed by atoms with van der Waals surface area (Å²) in [4.78, 5) is 0. The molecule has 0 saturated heterocycles. The van der Waals surface area contributed by atoms with Gasteiger partial charge in [-0.05, 0) is 117 Å². The first kappa shape index (κ1) is 35.0. The van der Waals surface area contributed by atoms with Gasteiger partial charge < -0.3 is 13.7 Å². The van der Waals surface area contributed by atoms with Crippen LogP contribution in [0.3, 0.4) is 0 Å². The molecule has 0 unspecified atom stereocenters. The van der Waals surface area contributed by atoms with Gasteiger partial charge in [0.05, 0.1) is 33.1 Å². The summed E-state index contributed by atoms with van der Waals surface area (Å²) in [5, 5.41) is 7.59. The van der Waals surface area contributed by atoms with Gasteiger partial charge in [0.25, 0.3) is 0 Å². The van der Waals surface area contributed by atoms with E-state index >= 15 is 0 Å². The minimum Gasteiger partial charge on any atom is -0.309 e. The Balaban J connectivity index is 1.09. The van der Waals surface area contributed by atoms with Crippen LogP contribution in [0, 0.1) is 0 Å². The topological polar surface area (TPSA) is 14.8 Å². The first-order valence-corrected chi connectivity index (χ1v) is 22.3. The monoisotopic (exact) mass is 805 g/mol. The van der Waals surface area contributed by atoms with Crippen LogP contribution in [0.1, 0.15) is 49.9 Å². The molecule has 0 bridgehead atoms. The fourth-order valence-corrected chi connectivity index (χ4v) is 12.1. The van der Waals surface area contributed by atoms with Crippen LogP contribution in [0.15, 0.2) is 188 Å². The van der Waals surface area contributed by atoms with E-state index in [4.69, 9.17) is 0 Å². The lowest BCUT2D eigenvalue weighted by atomic mass is 9.82. The predicted octanol–water partition coefficient (Wildman–Crippen LogP) is 15.6. The third kappa shape index (κ3) is 4.44. The number of rotatable bonds is 3. The molecule has 0 fully saturated rings. The molecule has 0 N–H and O–H groups in total. The van der Waals surface area contributed by atoms with Gasteiger partial charge in [-0.2, -0.15) is 0 Å². The van der Waals surface area contributed by atoms with Crippen molar-refractivity contribution < 1.29 is 0 Å². The highest BCUT2D eigenvalue weighted by Gasteiger charge is 2.37. The fourth-order valence-electron chi connectivity index (χ4n) is 12.1. The van der Waals surface area contributed by atoms with Crippen molar-refractivity contribution >= 4 is 65.4 Å². The van der Waals surface area contributed by atoms with E-state index < -0.39 is 0 Å². The summed E-state index contributed by atoms with van der Waals surface area (Å²) in [6, 6.07) is 70.8. The molecule has 0 amide bonds. The van der Waals surface area contributed by atoms with Crippen LogP contribution in [0.25, 0.3) is 105 Å². The summed E-state index contributed by atoms with van der Waals surface area (Å²) in [5.41, 5.74) is 21.5. The molecular formula is C60H43N3. The number of nitrogens with zero attached hydrogens (tertiary/aromatic N) is 3. The van der Waals surface area contributed by atoms with E-state index in [0.717, 1.165) is 5.69 Å². The summed E-state index contributed by atoms with van der Waals surface area (Å²) in [5.74, 6) is 0. The van der Waals surface area contributed by atoms with Crippen LogP contribution in [-0.2, 0) is 10.8 Å². The Bertz CT molecular complexity index is 3920. The van der Waals surface area contributed by atoms with Crippen molar-refractivity contribution in [3.63, 3.8) is 0 Å². The summed E-state index contributed by atoms with van der Waals surface area (Å²) >= 11 is 0. The Morgan fingerprint density at radius 3 is 1.16 bits per heavy atom. The van der Waals surface area contributed by atoms with Gasteiger partial charge in [-0.15, -0.1) is 0 Å². The molecule has 3 heteroatoms. The molecule has 3 aromatic heterocycles. The molecule has 0 spiro atoms. The summed E-state index contributed by atoms with van der Waals surface area (Å²) in [6.45, 7) is 9.50. The van der Waals surface area contributed by atoms with Gasteiger partial charge in [-0.1, -0.05) is 143 Å². The molecule has 0 saturated carbocycles. The van der Waals surface area contributed by atoms with Crippen molar-refractivity contribution in [3.8, 4) is 39.3 Å². The highest BCUT2D eigenvalue weighted by atomic mass is 15.0. The van der Waals surface area contributed by atoms with Gasteiger partial charge in [0, 0.05) is 60.2 Å². The zero-order valence-corrected chi connectivity index (χ0v) is 35.7. The standard InChI is InChI=1S/C60H43N3/c1-59(2)47-20-10-5-15-39(47)41-28-25-37(34-49(41)59)62-53-24-14-9-19-45(53)57-55(62)31-32-56-58(57)46-33-36(61-51-22-12-7-17-43(51)44-18-8-13-23-52(44)61)27-30-54(46)63(56)38-26-29-42-40-16-6-11-21-48(40)60(3,4)50(42)35-38/h5-35H,1-4H3. The molecule has 0 radical (unpaired) electrons. The lowest BCUT2D eigenvalue weighted by molar-refractivity contribution is 0.660. The highest BCUT2D eigenvalue weighted by molar-refractivity contribution is 6.29. The number of para-hydroxylation sites is 3. The van der Waals surface area contributed by atoms with E-state index in [1.807, 2.05) is 0 Å². The molecule has 63 heavy (non-hydrogen) atoms. The van der Waals surface area contributed by atoms with E-state index in [1.165, 1.54) is 121 Å². The lowest BCUT2D eigenvalue weighted by Gasteiger charge is -2.22. The van der Waals surface area contributed by atoms with Gasteiger partial charge in [-0.25, -0.2) is 0 Å². The van der Waals surface area contributed by atoms with E-state index in [2.05, 4.69) is 229 Å². The highest BCUT2D eigenvalue weighted by Crippen LogP contribution is 2.52. The van der Waals surface area contributed by atoms with Crippen molar-refractivity contribution in [1.29, 1.82) is 0 Å². The van der Waals surface area contributed by atoms with Crippen molar-refractivity contribution in [1.82, 2.24) is 13.7 Å². The summed E-state index contributed by atoms with van der Waals surface area (Å²) in [6.07, 6.45) is 0. The number of hydrogen-bond acceptors (Lipinski definition) is 0. The van der Waals surface area contributed by atoms with Crippen molar-refractivity contribution in [2.45, 2.75) is 38.5 Å². The first-order chi connectivity index (χ1) is 30.8. The normalized spacial score (nSPS) is 14.6. The third-order valence-electron chi connectivity index (χ3n) is 15.0. The van der Waals surface area contributed by atoms with Crippen LogP contribution < -0.4 is 0 Å². The van der Waals surface area contributed by atoms with Crippen LogP contribution in [-0.4, -0.2) is 13.7 Å².